The first-order chi connectivity index (χ1) is 8.11. The molecule has 0 radical (unpaired) electrons. The van der Waals surface area contributed by atoms with Crippen LogP contribution in [0.15, 0.2) is 12.1 Å². The van der Waals surface area contributed by atoms with E-state index in [1.807, 2.05) is 0 Å². The molecule has 17 heavy (non-hydrogen) atoms. The van der Waals surface area contributed by atoms with Gasteiger partial charge in [-0.2, -0.15) is 5.26 Å². The molecule has 1 aromatic carbocycles. The molecule has 6 heteroatoms. The summed E-state index contributed by atoms with van der Waals surface area (Å²) in [5.74, 6) is -0.863. The van der Waals surface area contributed by atoms with Crippen LogP contribution in [0.4, 0.5) is 15.8 Å². The van der Waals surface area contributed by atoms with Crippen LogP contribution >= 0.6 is 0 Å². The van der Waals surface area contributed by atoms with Gasteiger partial charge in [-0.3, -0.25) is 10.1 Å². The van der Waals surface area contributed by atoms with Crippen molar-refractivity contribution in [1.29, 1.82) is 5.26 Å². The third kappa shape index (κ3) is 2.18. The normalized spacial score (nSPS) is 14.8. The lowest BCUT2D eigenvalue weighted by molar-refractivity contribution is -0.384. The molecule has 0 spiro atoms. The predicted molar refractivity (Wildman–Crippen MR) is 59.0 cm³/mol. The summed E-state index contributed by atoms with van der Waals surface area (Å²) in [4.78, 5) is 10.1. The molecule has 1 aliphatic carbocycles. The summed E-state index contributed by atoms with van der Waals surface area (Å²) in [5.41, 5.74) is -0.288. The van der Waals surface area contributed by atoms with Gasteiger partial charge in [0, 0.05) is 6.04 Å². The molecule has 1 N–H and O–H groups in total. The quantitative estimate of drug-likeness (QED) is 0.645. The van der Waals surface area contributed by atoms with Crippen LogP contribution in [-0.2, 0) is 0 Å². The maximum absolute atomic E-state index is 13.3. The van der Waals surface area contributed by atoms with Crippen molar-refractivity contribution >= 4 is 11.4 Å². The van der Waals surface area contributed by atoms with E-state index in [1.54, 1.807) is 6.07 Å². The van der Waals surface area contributed by atoms with Gasteiger partial charge in [0.2, 0.25) is 0 Å². The van der Waals surface area contributed by atoms with Crippen molar-refractivity contribution in [3.8, 4) is 6.07 Å². The van der Waals surface area contributed by atoms with E-state index in [0.717, 1.165) is 25.3 Å². The number of hydrogen-bond acceptors (Lipinski definition) is 4. The summed E-state index contributed by atoms with van der Waals surface area (Å²) in [7, 11) is 0. The Morgan fingerprint density at radius 3 is 2.71 bits per heavy atom. The van der Waals surface area contributed by atoms with Crippen LogP contribution in [-0.4, -0.2) is 11.0 Å². The highest BCUT2D eigenvalue weighted by molar-refractivity contribution is 5.65. The molecule has 1 aromatic rings. The molecule has 0 bridgehead atoms. The highest BCUT2D eigenvalue weighted by Gasteiger charge is 2.23. The van der Waals surface area contributed by atoms with Gasteiger partial charge in [0.1, 0.15) is 17.6 Å². The van der Waals surface area contributed by atoms with Gasteiger partial charge < -0.3 is 5.32 Å². The first kappa shape index (κ1) is 11.3. The molecule has 1 saturated carbocycles. The molecule has 0 aromatic heterocycles. The summed E-state index contributed by atoms with van der Waals surface area (Å²) in [6.07, 6.45) is 2.96. The lowest BCUT2D eigenvalue weighted by Crippen LogP contribution is -2.27. The van der Waals surface area contributed by atoms with Gasteiger partial charge in [-0.15, -0.1) is 0 Å². The van der Waals surface area contributed by atoms with E-state index in [1.165, 1.54) is 6.07 Å². The van der Waals surface area contributed by atoms with Gasteiger partial charge in [0.25, 0.3) is 5.69 Å². The fourth-order valence-electron chi connectivity index (χ4n) is 1.69. The number of nitriles is 1. The second kappa shape index (κ2) is 4.37. The van der Waals surface area contributed by atoms with Crippen molar-refractivity contribution in [1.82, 2.24) is 0 Å². The van der Waals surface area contributed by atoms with Crippen molar-refractivity contribution in [3.05, 3.63) is 33.6 Å². The summed E-state index contributed by atoms with van der Waals surface area (Å²) >= 11 is 0. The Bertz CT molecular complexity index is 506. The average Bonchev–Trinajstić information content (AvgIpc) is 2.24. The van der Waals surface area contributed by atoms with Crippen LogP contribution in [0.1, 0.15) is 24.8 Å². The topological polar surface area (TPSA) is 79.0 Å². The third-order valence-electron chi connectivity index (χ3n) is 2.87. The van der Waals surface area contributed by atoms with Gasteiger partial charge in [-0.25, -0.2) is 4.39 Å². The Hall–Kier alpha value is -2.16. The summed E-state index contributed by atoms with van der Waals surface area (Å²) in [5, 5.41) is 22.4. The third-order valence-corrected chi connectivity index (χ3v) is 2.87. The maximum atomic E-state index is 13.3. The van der Waals surface area contributed by atoms with Crippen LogP contribution in [0.5, 0.6) is 0 Å². The lowest BCUT2D eigenvalue weighted by Gasteiger charge is -2.27. The highest BCUT2D eigenvalue weighted by Crippen LogP contribution is 2.31. The van der Waals surface area contributed by atoms with Gasteiger partial charge >= 0.3 is 0 Å². The smallest absolute Gasteiger partial charge is 0.295 e. The molecule has 0 unspecified atom stereocenters. The van der Waals surface area contributed by atoms with E-state index >= 15 is 0 Å². The Balaban J connectivity index is 2.38. The van der Waals surface area contributed by atoms with Crippen molar-refractivity contribution in [2.24, 2.45) is 0 Å². The number of nitro benzene ring substituents is 1. The second-order valence-electron chi connectivity index (χ2n) is 3.99. The summed E-state index contributed by atoms with van der Waals surface area (Å²) in [6.45, 7) is 0. The lowest BCUT2D eigenvalue weighted by atomic mass is 9.93. The molecular formula is C11H10FN3O2. The summed E-state index contributed by atoms with van der Waals surface area (Å²) < 4.78 is 13.3. The standard InChI is InChI=1S/C11H10FN3O2/c12-9-5-11(15(16)17)10(4-7(9)6-13)14-8-2-1-3-8/h4-5,8,14H,1-3H2. The summed E-state index contributed by atoms with van der Waals surface area (Å²) in [6, 6.07) is 3.85. The minimum atomic E-state index is -0.863. The SMILES string of the molecule is N#Cc1cc(NC2CCC2)c([N+](=O)[O-])cc1F. The Morgan fingerprint density at radius 1 is 1.53 bits per heavy atom. The van der Waals surface area contributed by atoms with E-state index in [2.05, 4.69) is 5.32 Å². The fraction of sp³-hybridized carbons (Fsp3) is 0.364. The molecule has 1 aliphatic rings. The number of anilines is 1. The highest BCUT2D eigenvalue weighted by atomic mass is 19.1. The number of nitro groups is 1. The molecule has 0 atom stereocenters. The van der Waals surface area contributed by atoms with Gasteiger partial charge in [0.15, 0.2) is 0 Å². The minimum absolute atomic E-state index is 0.183. The Morgan fingerprint density at radius 2 is 2.24 bits per heavy atom. The van der Waals surface area contributed by atoms with Gasteiger partial charge in [0.05, 0.1) is 16.6 Å². The molecule has 1 fully saturated rings. The van der Waals surface area contributed by atoms with Crippen molar-refractivity contribution in [3.63, 3.8) is 0 Å². The average molecular weight is 235 g/mol. The van der Waals surface area contributed by atoms with Crippen molar-refractivity contribution in [2.45, 2.75) is 25.3 Å². The van der Waals surface area contributed by atoms with Crippen LogP contribution in [0.2, 0.25) is 0 Å². The zero-order valence-electron chi connectivity index (χ0n) is 8.94. The van der Waals surface area contributed by atoms with Crippen LogP contribution < -0.4 is 5.32 Å². The fourth-order valence-corrected chi connectivity index (χ4v) is 1.69. The van der Waals surface area contributed by atoms with Crippen LogP contribution in [0.3, 0.4) is 0 Å². The minimum Gasteiger partial charge on any atom is -0.377 e. The second-order valence-corrected chi connectivity index (χ2v) is 3.99. The monoisotopic (exact) mass is 235 g/mol. The first-order valence-electron chi connectivity index (χ1n) is 5.26. The van der Waals surface area contributed by atoms with E-state index in [4.69, 9.17) is 5.26 Å². The molecule has 0 amide bonds. The van der Waals surface area contributed by atoms with E-state index in [-0.39, 0.29) is 23.0 Å². The number of benzene rings is 1. The molecule has 0 saturated heterocycles. The first-order valence-corrected chi connectivity index (χ1v) is 5.26. The Labute approximate surface area is 97.0 Å². The number of nitrogens with one attached hydrogen (secondary N) is 1. The number of hydrogen-bond donors (Lipinski definition) is 1. The number of halogens is 1. The van der Waals surface area contributed by atoms with E-state index in [0.29, 0.717) is 0 Å². The Kier molecular flexibility index (Phi) is 2.91. The maximum Gasteiger partial charge on any atom is 0.295 e. The molecule has 5 nitrogen and oxygen atoms in total. The zero-order chi connectivity index (χ0) is 12.4. The molecule has 2 rings (SSSR count). The molecule has 0 aliphatic heterocycles. The van der Waals surface area contributed by atoms with E-state index < -0.39 is 10.7 Å². The molecule has 0 heterocycles. The van der Waals surface area contributed by atoms with Gasteiger partial charge in [-0.1, -0.05) is 0 Å². The van der Waals surface area contributed by atoms with E-state index in [9.17, 15) is 14.5 Å². The van der Waals surface area contributed by atoms with Crippen molar-refractivity contribution < 1.29 is 9.31 Å². The molecule has 88 valence electrons. The predicted octanol–water partition coefficient (Wildman–Crippen LogP) is 2.57. The van der Waals surface area contributed by atoms with Gasteiger partial charge in [-0.05, 0) is 25.3 Å². The molecular weight excluding hydrogens is 225 g/mol. The van der Waals surface area contributed by atoms with Crippen molar-refractivity contribution in [2.75, 3.05) is 5.32 Å². The van der Waals surface area contributed by atoms with Crippen LogP contribution in [0, 0.1) is 27.3 Å². The number of rotatable bonds is 3. The van der Waals surface area contributed by atoms with Crippen LogP contribution in [0.25, 0.3) is 0 Å². The number of nitrogens with zero attached hydrogens (tertiary/aromatic N) is 2. The largest absolute Gasteiger partial charge is 0.377 e. The zero-order valence-corrected chi connectivity index (χ0v) is 8.94.